The van der Waals surface area contributed by atoms with E-state index in [4.69, 9.17) is 0 Å². The molecule has 1 heterocycles. The minimum Gasteiger partial charge on any atom is -0.350 e. The molecule has 0 saturated carbocycles. The second-order valence-electron chi connectivity index (χ2n) is 4.36. The summed E-state index contributed by atoms with van der Waals surface area (Å²) in [5.74, 6) is -0.0917. The molecule has 1 amide bonds. The highest BCUT2D eigenvalue weighted by Crippen LogP contribution is 2.21. The molecule has 1 N–H and O–H groups in total. The maximum atomic E-state index is 12.0. The number of benzene rings is 1. The van der Waals surface area contributed by atoms with E-state index in [1.165, 1.54) is 0 Å². The lowest BCUT2D eigenvalue weighted by Gasteiger charge is -2.11. The van der Waals surface area contributed by atoms with Crippen molar-refractivity contribution < 1.29 is 4.79 Å². The lowest BCUT2D eigenvalue weighted by molar-refractivity contribution is 0.0953. The van der Waals surface area contributed by atoms with E-state index in [2.05, 4.69) is 26.3 Å². The van der Waals surface area contributed by atoms with Crippen molar-refractivity contribution in [1.29, 1.82) is 0 Å². The summed E-state index contributed by atoms with van der Waals surface area (Å²) < 4.78 is 1.69. The Morgan fingerprint density at radius 3 is 2.68 bits per heavy atom. The Morgan fingerprint density at radius 2 is 2.11 bits per heavy atom. The highest BCUT2D eigenvalue weighted by atomic mass is 79.9. The van der Waals surface area contributed by atoms with E-state index in [0.717, 1.165) is 11.3 Å². The first-order valence-corrected chi connectivity index (χ1v) is 6.97. The SMILES string of the molecule is Cc1c(C(=O)NCC(Br)c2ccccc2)cnn1C. The van der Waals surface area contributed by atoms with Gasteiger partial charge in [-0.25, -0.2) is 0 Å². The van der Waals surface area contributed by atoms with E-state index in [0.29, 0.717) is 12.1 Å². The number of aryl methyl sites for hydroxylation is 1. The van der Waals surface area contributed by atoms with Crippen molar-refractivity contribution in [3.05, 3.63) is 53.3 Å². The van der Waals surface area contributed by atoms with Gasteiger partial charge in [-0.05, 0) is 12.5 Å². The second kappa shape index (κ2) is 6.02. The number of nitrogens with one attached hydrogen (secondary N) is 1. The number of carbonyl (C=O) groups is 1. The van der Waals surface area contributed by atoms with Crippen LogP contribution in [0.4, 0.5) is 0 Å². The first kappa shape index (κ1) is 13.8. The topological polar surface area (TPSA) is 46.9 Å². The van der Waals surface area contributed by atoms with Crippen LogP contribution in [0.5, 0.6) is 0 Å². The molecule has 0 bridgehead atoms. The summed E-state index contributed by atoms with van der Waals surface area (Å²) in [6.45, 7) is 2.42. The summed E-state index contributed by atoms with van der Waals surface area (Å²) in [4.78, 5) is 12.1. The molecule has 2 aromatic rings. The fourth-order valence-corrected chi connectivity index (χ4v) is 2.25. The van der Waals surface area contributed by atoms with E-state index in [1.807, 2.05) is 44.3 Å². The number of aromatic nitrogens is 2. The third-order valence-corrected chi connectivity index (χ3v) is 3.94. The first-order valence-electron chi connectivity index (χ1n) is 6.05. The van der Waals surface area contributed by atoms with Gasteiger partial charge in [0.05, 0.1) is 16.6 Å². The summed E-state index contributed by atoms with van der Waals surface area (Å²) >= 11 is 3.58. The average Bonchev–Trinajstić information content (AvgIpc) is 2.77. The highest BCUT2D eigenvalue weighted by molar-refractivity contribution is 9.09. The molecular formula is C14H16BrN3O. The molecule has 19 heavy (non-hydrogen) atoms. The van der Waals surface area contributed by atoms with Gasteiger partial charge < -0.3 is 5.32 Å². The van der Waals surface area contributed by atoms with Gasteiger partial charge in [0.2, 0.25) is 0 Å². The Labute approximate surface area is 120 Å². The van der Waals surface area contributed by atoms with Gasteiger partial charge in [-0.2, -0.15) is 5.10 Å². The lowest BCUT2D eigenvalue weighted by Crippen LogP contribution is -2.27. The molecule has 0 aliphatic heterocycles. The van der Waals surface area contributed by atoms with Crippen LogP contribution in [0.2, 0.25) is 0 Å². The van der Waals surface area contributed by atoms with Crippen LogP contribution in [0.15, 0.2) is 36.5 Å². The van der Waals surface area contributed by atoms with Gasteiger partial charge in [0, 0.05) is 19.3 Å². The van der Waals surface area contributed by atoms with Gasteiger partial charge in [0.1, 0.15) is 0 Å². The fourth-order valence-electron chi connectivity index (χ4n) is 1.78. The molecule has 0 saturated heterocycles. The maximum Gasteiger partial charge on any atom is 0.254 e. The van der Waals surface area contributed by atoms with Crippen LogP contribution in [0.1, 0.15) is 26.4 Å². The zero-order valence-electron chi connectivity index (χ0n) is 10.9. The molecule has 0 spiro atoms. The minimum absolute atomic E-state index is 0.0917. The molecule has 1 unspecified atom stereocenters. The van der Waals surface area contributed by atoms with Crippen molar-refractivity contribution in [3.63, 3.8) is 0 Å². The van der Waals surface area contributed by atoms with Crippen molar-refractivity contribution in [2.75, 3.05) is 6.54 Å². The molecule has 0 aliphatic rings. The summed E-state index contributed by atoms with van der Waals surface area (Å²) in [6, 6.07) is 10.00. The molecule has 0 radical (unpaired) electrons. The zero-order valence-corrected chi connectivity index (χ0v) is 12.5. The van der Waals surface area contributed by atoms with Crippen molar-refractivity contribution in [2.45, 2.75) is 11.8 Å². The van der Waals surface area contributed by atoms with Crippen molar-refractivity contribution in [3.8, 4) is 0 Å². The van der Waals surface area contributed by atoms with E-state index in [9.17, 15) is 4.79 Å². The molecule has 5 heteroatoms. The highest BCUT2D eigenvalue weighted by Gasteiger charge is 2.14. The van der Waals surface area contributed by atoms with Crippen molar-refractivity contribution in [2.24, 2.45) is 7.05 Å². The van der Waals surface area contributed by atoms with E-state index in [-0.39, 0.29) is 10.7 Å². The molecule has 100 valence electrons. The average molecular weight is 322 g/mol. The lowest BCUT2D eigenvalue weighted by atomic mass is 10.1. The Hall–Kier alpha value is -1.62. The van der Waals surface area contributed by atoms with E-state index in [1.54, 1.807) is 10.9 Å². The summed E-state index contributed by atoms with van der Waals surface area (Å²) in [7, 11) is 1.82. The third kappa shape index (κ3) is 3.23. The van der Waals surface area contributed by atoms with Crippen LogP contribution in [0, 0.1) is 6.92 Å². The smallest absolute Gasteiger partial charge is 0.254 e. The standard InChI is InChI=1S/C14H16BrN3O/c1-10-12(8-17-18(10)2)14(19)16-9-13(15)11-6-4-3-5-7-11/h3-8,13H,9H2,1-2H3,(H,16,19). The Bertz CT molecular complexity index is 565. The third-order valence-electron chi connectivity index (χ3n) is 3.08. The monoisotopic (exact) mass is 321 g/mol. The van der Waals surface area contributed by atoms with Gasteiger partial charge in [0.15, 0.2) is 0 Å². The van der Waals surface area contributed by atoms with E-state index >= 15 is 0 Å². The van der Waals surface area contributed by atoms with Crippen LogP contribution in [-0.2, 0) is 7.05 Å². The largest absolute Gasteiger partial charge is 0.350 e. The molecule has 0 aliphatic carbocycles. The fraction of sp³-hybridized carbons (Fsp3) is 0.286. The summed E-state index contributed by atoms with van der Waals surface area (Å²) in [5.41, 5.74) is 2.63. The predicted molar refractivity (Wildman–Crippen MR) is 78.4 cm³/mol. The number of alkyl halides is 1. The number of hydrogen-bond acceptors (Lipinski definition) is 2. The molecule has 1 aromatic carbocycles. The summed E-state index contributed by atoms with van der Waals surface area (Å²) in [5, 5.41) is 6.98. The predicted octanol–water partition coefficient (Wildman–Crippen LogP) is 2.59. The number of amides is 1. The molecule has 2 rings (SSSR count). The van der Waals surface area contributed by atoms with Crippen LogP contribution >= 0.6 is 15.9 Å². The Kier molecular flexibility index (Phi) is 4.37. The summed E-state index contributed by atoms with van der Waals surface area (Å²) in [6.07, 6.45) is 1.59. The van der Waals surface area contributed by atoms with Gasteiger partial charge in [0.25, 0.3) is 5.91 Å². The van der Waals surface area contributed by atoms with Crippen LogP contribution in [-0.4, -0.2) is 22.2 Å². The molecular weight excluding hydrogens is 306 g/mol. The number of hydrogen-bond donors (Lipinski definition) is 1. The second-order valence-corrected chi connectivity index (χ2v) is 5.46. The van der Waals surface area contributed by atoms with Crippen molar-refractivity contribution in [1.82, 2.24) is 15.1 Å². The van der Waals surface area contributed by atoms with Crippen LogP contribution in [0.3, 0.4) is 0 Å². The Balaban J connectivity index is 1.96. The van der Waals surface area contributed by atoms with Gasteiger partial charge >= 0.3 is 0 Å². The number of carbonyl (C=O) groups excluding carboxylic acids is 1. The Morgan fingerprint density at radius 1 is 1.42 bits per heavy atom. The van der Waals surface area contributed by atoms with Crippen molar-refractivity contribution >= 4 is 21.8 Å². The molecule has 0 fully saturated rings. The van der Waals surface area contributed by atoms with Crippen LogP contribution in [0.25, 0.3) is 0 Å². The molecule has 4 nitrogen and oxygen atoms in total. The zero-order chi connectivity index (χ0) is 13.8. The minimum atomic E-state index is -0.0917. The quantitative estimate of drug-likeness (QED) is 0.880. The van der Waals surface area contributed by atoms with Crippen LogP contribution < -0.4 is 5.32 Å². The number of rotatable bonds is 4. The van der Waals surface area contributed by atoms with Gasteiger partial charge in [-0.15, -0.1) is 0 Å². The van der Waals surface area contributed by atoms with Gasteiger partial charge in [-0.1, -0.05) is 46.3 Å². The molecule has 1 aromatic heterocycles. The number of halogens is 1. The number of nitrogens with zero attached hydrogens (tertiary/aromatic N) is 2. The van der Waals surface area contributed by atoms with Gasteiger partial charge in [-0.3, -0.25) is 9.48 Å². The normalized spacial score (nSPS) is 12.2. The maximum absolute atomic E-state index is 12.0. The first-order chi connectivity index (χ1) is 9.09. The van der Waals surface area contributed by atoms with E-state index < -0.39 is 0 Å². The molecule has 1 atom stereocenters.